The first-order valence-electron chi connectivity index (χ1n) is 10.7. The summed E-state index contributed by atoms with van der Waals surface area (Å²) in [5.41, 5.74) is 0.383. The van der Waals surface area contributed by atoms with E-state index in [1.807, 2.05) is 26.8 Å². The van der Waals surface area contributed by atoms with Crippen LogP contribution in [0.1, 0.15) is 44.1 Å². The number of esters is 1. The van der Waals surface area contributed by atoms with Crippen LogP contribution in [0.25, 0.3) is 11.8 Å². The van der Waals surface area contributed by atoms with E-state index < -0.39 is 11.4 Å². The molecule has 3 aromatic rings. The number of amides is 1. The lowest BCUT2D eigenvalue weighted by molar-refractivity contribution is -0.123. The van der Waals surface area contributed by atoms with Gasteiger partial charge in [-0.2, -0.15) is 5.26 Å². The molecule has 182 valence electrons. The first kappa shape index (κ1) is 25.5. The van der Waals surface area contributed by atoms with Gasteiger partial charge in [0.1, 0.15) is 27.1 Å². The first-order valence-corrected chi connectivity index (χ1v) is 11.5. The minimum atomic E-state index is -0.699. The molecular formula is C24H25N5O5S. The Morgan fingerprint density at radius 2 is 2.03 bits per heavy atom. The number of nitrogens with one attached hydrogen (secondary N) is 2. The molecule has 0 aliphatic rings. The molecule has 35 heavy (non-hydrogen) atoms. The van der Waals surface area contributed by atoms with Gasteiger partial charge in [0.2, 0.25) is 11.8 Å². The van der Waals surface area contributed by atoms with Crippen LogP contribution < -0.4 is 25.4 Å². The molecule has 0 atom stereocenters. The molecule has 10 nitrogen and oxygen atoms in total. The Bertz CT molecular complexity index is 1480. The van der Waals surface area contributed by atoms with E-state index in [0.717, 1.165) is 17.6 Å². The third kappa shape index (κ3) is 5.67. The second-order valence-corrected chi connectivity index (χ2v) is 9.44. The summed E-state index contributed by atoms with van der Waals surface area (Å²) in [6, 6.07) is 9.12. The summed E-state index contributed by atoms with van der Waals surface area (Å²) in [4.78, 5) is 40.9. The number of nitriles is 1. The molecule has 0 saturated carbocycles. The first-order chi connectivity index (χ1) is 16.6. The fourth-order valence-corrected chi connectivity index (χ4v) is 4.00. The van der Waals surface area contributed by atoms with Gasteiger partial charge in [0.15, 0.2) is 5.69 Å². The highest BCUT2D eigenvalue weighted by molar-refractivity contribution is 7.07. The summed E-state index contributed by atoms with van der Waals surface area (Å²) in [5.74, 6) is -0.900. The van der Waals surface area contributed by atoms with Crippen LogP contribution in [0.15, 0.2) is 39.7 Å². The van der Waals surface area contributed by atoms with E-state index in [0.29, 0.717) is 27.1 Å². The molecule has 0 radical (unpaired) electrons. The number of aromatic nitrogens is 2. The standard InChI is InChI=1S/C24H25N5O5S/c1-6-29-20(30)18(12-26-14-8-7-9-15(10-14)27-23(32)24(2,3)4)35-21(29)16(11-25)19-28-17(13-34-19)22(31)33-5/h7-10,12-13,26H,6H2,1-5H3,(H,27,32). The highest BCUT2D eigenvalue weighted by atomic mass is 32.1. The average Bonchev–Trinajstić information content (AvgIpc) is 3.42. The van der Waals surface area contributed by atoms with Gasteiger partial charge in [0, 0.05) is 29.5 Å². The molecule has 2 N–H and O–H groups in total. The van der Waals surface area contributed by atoms with Crippen molar-refractivity contribution in [1.29, 1.82) is 5.26 Å². The van der Waals surface area contributed by atoms with Crippen molar-refractivity contribution in [3.63, 3.8) is 0 Å². The van der Waals surface area contributed by atoms with Crippen LogP contribution in [0.4, 0.5) is 11.4 Å². The maximum atomic E-state index is 13.0. The Hall–Kier alpha value is -4.17. The summed E-state index contributed by atoms with van der Waals surface area (Å²) in [6.07, 6.45) is 2.64. The number of rotatable bonds is 6. The van der Waals surface area contributed by atoms with Crippen molar-refractivity contribution in [3.05, 3.63) is 61.7 Å². The zero-order chi connectivity index (χ0) is 25.8. The number of anilines is 2. The Morgan fingerprint density at radius 3 is 2.66 bits per heavy atom. The number of oxazole rings is 1. The van der Waals surface area contributed by atoms with Gasteiger partial charge in [-0.05, 0) is 25.1 Å². The molecule has 3 rings (SSSR count). The number of hydrogen-bond acceptors (Lipinski definition) is 9. The molecule has 2 heterocycles. The molecule has 11 heteroatoms. The van der Waals surface area contributed by atoms with E-state index in [9.17, 15) is 19.6 Å². The third-order valence-corrected chi connectivity index (χ3v) is 5.96. The smallest absolute Gasteiger partial charge is 0.360 e. The highest BCUT2D eigenvalue weighted by Gasteiger charge is 2.21. The fourth-order valence-electron chi connectivity index (χ4n) is 2.92. The number of hydrogen-bond donors (Lipinski definition) is 2. The lowest BCUT2D eigenvalue weighted by Crippen LogP contribution is -2.32. The predicted octanol–water partition coefficient (Wildman–Crippen LogP) is 2.26. The van der Waals surface area contributed by atoms with E-state index in [1.54, 1.807) is 31.2 Å². The number of benzene rings is 1. The second kappa shape index (κ2) is 10.4. The number of nitrogens with zero attached hydrogens (tertiary/aromatic N) is 3. The van der Waals surface area contributed by atoms with Crippen molar-refractivity contribution in [2.45, 2.75) is 34.2 Å². The van der Waals surface area contributed by atoms with Gasteiger partial charge in [0.25, 0.3) is 5.56 Å². The Kier molecular flexibility index (Phi) is 7.56. The van der Waals surface area contributed by atoms with Gasteiger partial charge >= 0.3 is 5.97 Å². The molecule has 0 spiro atoms. The molecule has 0 unspecified atom stereocenters. The van der Waals surface area contributed by atoms with E-state index in [-0.39, 0.29) is 28.6 Å². The number of thiazole rings is 1. The fraction of sp³-hybridized carbons (Fsp3) is 0.292. The number of ether oxygens (including phenoxy) is 1. The van der Waals surface area contributed by atoms with Crippen molar-refractivity contribution >= 4 is 46.4 Å². The van der Waals surface area contributed by atoms with E-state index in [4.69, 9.17) is 4.42 Å². The van der Waals surface area contributed by atoms with Crippen LogP contribution in [0.3, 0.4) is 0 Å². The lowest BCUT2D eigenvalue weighted by Gasteiger charge is -2.18. The predicted molar refractivity (Wildman–Crippen MR) is 132 cm³/mol. The molecule has 2 aromatic heterocycles. The second-order valence-electron chi connectivity index (χ2n) is 8.41. The van der Waals surface area contributed by atoms with Crippen molar-refractivity contribution in [3.8, 4) is 6.07 Å². The molecule has 1 amide bonds. The number of carbonyl (C=O) groups excluding carboxylic acids is 2. The monoisotopic (exact) mass is 495 g/mol. The van der Waals surface area contributed by atoms with Gasteiger partial charge in [-0.3, -0.25) is 14.2 Å². The zero-order valence-electron chi connectivity index (χ0n) is 20.0. The third-order valence-electron chi connectivity index (χ3n) is 4.83. The summed E-state index contributed by atoms with van der Waals surface area (Å²) in [5, 5.41) is 15.7. The van der Waals surface area contributed by atoms with Crippen LogP contribution in [0.5, 0.6) is 0 Å². The normalized spacial score (nSPS) is 12.6. The van der Waals surface area contributed by atoms with Gasteiger partial charge < -0.3 is 19.8 Å². The van der Waals surface area contributed by atoms with Crippen LogP contribution in [0.2, 0.25) is 0 Å². The van der Waals surface area contributed by atoms with Crippen molar-refractivity contribution in [1.82, 2.24) is 9.55 Å². The minimum Gasteiger partial charge on any atom is -0.464 e. The molecule has 0 saturated heterocycles. The topological polar surface area (TPSA) is 139 Å². The maximum Gasteiger partial charge on any atom is 0.360 e. The van der Waals surface area contributed by atoms with Gasteiger partial charge in [-0.25, -0.2) is 9.78 Å². The molecular weight excluding hydrogens is 470 g/mol. The zero-order valence-corrected chi connectivity index (χ0v) is 20.8. The molecule has 0 aliphatic carbocycles. The van der Waals surface area contributed by atoms with Crippen molar-refractivity contribution < 1.29 is 18.7 Å². The Balaban J connectivity index is 2.00. The van der Waals surface area contributed by atoms with Crippen molar-refractivity contribution in [2.24, 2.45) is 5.41 Å². The molecule has 0 bridgehead atoms. The quantitative estimate of drug-likeness (QED) is 0.497. The molecule has 0 aliphatic heterocycles. The van der Waals surface area contributed by atoms with Gasteiger partial charge in [-0.15, -0.1) is 11.3 Å². The summed E-state index contributed by atoms with van der Waals surface area (Å²) in [7, 11) is 1.21. The summed E-state index contributed by atoms with van der Waals surface area (Å²) in [6.45, 7) is 7.56. The van der Waals surface area contributed by atoms with Crippen molar-refractivity contribution in [2.75, 3.05) is 17.7 Å². The number of carbonyl (C=O) groups is 2. The van der Waals surface area contributed by atoms with E-state index >= 15 is 0 Å². The van der Waals surface area contributed by atoms with Crippen LogP contribution in [-0.2, 0) is 16.1 Å². The Labute approximate surface area is 205 Å². The SMILES string of the molecule is CCn1c(=C(C#N)c2nc(C(=O)OC)co2)sc(=CNc2cccc(NC(=O)C(C)(C)C)c2)c1=O. The number of methoxy groups -OCH3 is 1. The maximum absolute atomic E-state index is 13.0. The van der Waals surface area contributed by atoms with Crippen LogP contribution in [-0.4, -0.2) is 28.5 Å². The van der Waals surface area contributed by atoms with Crippen LogP contribution >= 0.6 is 11.3 Å². The van der Waals surface area contributed by atoms with E-state index in [2.05, 4.69) is 20.4 Å². The van der Waals surface area contributed by atoms with Gasteiger partial charge in [0.05, 0.1) is 7.11 Å². The van der Waals surface area contributed by atoms with Crippen LogP contribution in [0, 0.1) is 16.7 Å². The van der Waals surface area contributed by atoms with E-state index in [1.165, 1.54) is 17.9 Å². The minimum absolute atomic E-state index is 0.0237. The summed E-state index contributed by atoms with van der Waals surface area (Å²) < 4.78 is 12.0. The molecule has 0 fully saturated rings. The average molecular weight is 496 g/mol. The largest absolute Gasteiger partial charge is 0.464 e. The summed E-state index contributed by atoms with van der Waals surface area (Å²) >= 11 is 1.09. The highest BCUT2D eigenvalue weighted by Crippen LogP contribution is 2.20. The lowest BCUT2D eigenvalue weighted by atomic mass is 9.95. The van der Waals surface area contributed by atoms with Gasteiger partial charge in [-0.1, -0.05) is 26.8 Å². The molecule has 1 aromatic carbocycles. The Morgan fingerprint density at radius 1 is 1.31 bits per heavy atom.